The first kappa shape index (κ1) is 25.1. The highest BCUT2D eigenvalue weighted by Gasteiger charge is 2.22. The van der Waals surface area contributed by atoms with E-state index in [1.807, 2.05) is 35.0 Å². The molecule has 0 aliphatic heterocycles. The van der Waals surface area contributed by atoms with Gasteiger partial charge >= 0.3 is 5.97 Å². The Hall–Kier alpha value is -5.55. The maximum absolute atomic E-state index is 12.2. The van der Waals surface area contributed by atoms with E-state index < -0.39 is 11.4 Å². The molecule has 4 heterocycles. The van der Waals surface area contributed by atoms with Gasteiger partial charge in [0.2, 0.25) is 11.8 Å². The molecule has 5 rings (SSSR count). The highest BCUT2D eigenvalue weighted by Crippen LogP contribution is 2.31. The van der Waals surface area contributed by atoms with E-state index in [0.29, 0.717) is 28.1 Å². The van der Waals surface area contributed by atoms with Crippen molar-refractivity contribution in [2.45, 2.75) is 19.3 Å². The predicted molar refractivity (Wildman–Crippen MR) is 144 cm³/mol. The SMILES string of the molecule is COC(=O)c1cc(-c2ccc3ncc4c(c3c2)n(-c2ccc(C(C)(C)C#N)nc2)c(=NC#N)n4C)cnc1N. The third kappa shape index (κ3) is 4.12. The number of fused-ring (bicyclic) bond motifs is 3. The number of methoxy groups -OCH3 is 1. The van der Waals surface area contributed by atoms with Gasteiger partial charge in [-0.15, -0.1) is 4.99 Å². The van der Waals surface area contributed by atoms with Crippen LogP contribution in [0.3, 0.4) is 0 Å². The normalized spacial score (nSPS) is 11.9. The fourth-order valence-electron chi connectivity index (χ4n) is 4.45. The van der Waals surface area contributed by atoms with Crippen molar-refractivity contribution >= 4 is 33.7 Å². The molecule has 2 N–H and O–H groups in total. The molecule has 0 saturated carbocycles. The lowest BCUT2D eigenvalue weighted by atomic mass is 9.91. The lowest BCUT2D eigenvalue weighted by Gasteiger charge is -2.15. The summed E-state index contributed by atoms with van der Waals surface area (Å²) in [7, 11) is 3.09. The van der Waals surface area contributed by atoms with Gasteiger partial charge in [-0.05, 0) is 49.7 Å². The standard InChI is InChI=1S/C28H23N9O2/c1-28(2,14-29)23-8-6-18(12-33-23)37-24-19-9-16(17-10-20(26(38)39-4)25(31)34-11-17)5-7-21(19)32-13-22(24)36(3)27(37)35-15-30/h5-13H,1-4H3,(H2,31,34). The Morgan fingerprint density at radius 1 is 1.05 bits per heavy atom. The Bertz CT molecular complexity index is 1940. The number of carbonyl (C=O) groups is 1. The van der Waals surface area contributed by atoms with Crippen LogP contribution in [-0.4, -0.2) is 37.2 Å². The van der Waals surface area contributed by atoms with Crippen molar-refractivity contribution in [3.05, 3.63) is 71.9 Å². The van der Waals surface area contributed by atoms with Crippen LogP contribution in [0.5, 0.6) is 0 Å². The Morgan fingerprint density at radius 2 is 1.85 bits per heavy atom. The summed E-state index contributed by atoms with van der Waals surface area (Å²) in [6.07, 6.45) is 6.86. The van der Waals surface area contributed by atoms with Gasteiger partial charge in [-0.1, -0.05) is 6.07 Å². The molecule has 39 heavy (non-hydrogen) atoms. The fourth-order valence-corrected chi connectivity index (χ4v) is 4.45. The molecule has 0 fully saturated rings. The van der Waals surface area contributed by atoms with Crippen molar-refractivity contribution in [1.29, 1.82) is 10.5 Å². The third-order valence-electron chi connectivity index (χ3n) is 6.64. The van der Waals surface area contributed by atoms with E-state index in [4.69, 9.17) is 10.5 Å². The van der Waals surface area contributed by atoms with Crippen molar-refractivity contribution in [3.63, 3.8) is 0 Å². The van der Waals surface area contributed by atoms with E-state index in [1.165, 1.54) is 7.11 Å². The lowest BCUT2D eigenvalue weighted by molar-refractivity contribution is 0.0601. The Balaban J connectivity index is 1.81. The molecule has 0 saturated heterocycles. The summed E-state index contributed by atoms with van der Waals surface area (Å²) >= 11 is 0. The number of carbonyl (C=O) groups excluding carboxylic acids is 1. The zero-order valence-electron chi connectivity index (χ0n) is 21.7. The minimum atomic E-state index is -0.760. The number of aromatic nitrogens is 5. The van der Waals surface area contributed by atoms with Crippen LogP contribution >= 0.6 is 0 Å². The van der Waals surface area contributed by atoms with Crippen molar-refractivity contribution in [3.8, 4) is 29.1 Å². The number of nitriles is 2. The van der Waals surface area contributed by atoms with Gasteiger partial charge < -0.3 is 15.0 Å². The van der Waals surface area contributed by atoms with Crippen molar-refractivity contribution in [2.75, 3.05) is 12.8 Å². The number of ether oxygens (including phenoxy) is 1. The van der Waals surface area contributed by atoms with Gasteiger partial charge in [-0.25, -0.2) is 9.78 Å². The monoisotopic (exact) mass is 517 g/mol. The second kappa shape index (κ2) is 9.39. The summed E-state index contributed by atoms with van der Waals surface area (Å²) in [4.78, 5) is 29.6. The van der Waals surface area contributed by atoms with E-state index in [1.54, 1.807) is 56.2 Å². The van der Waals surface area contributed by atoms with Crippen LogP contribution in [0.1, 0.15) is 29.9 Å². The first-order valence-corrected chi connectivity index (χ1v) is 11.9. The number of rotatable bonds is 4. The number of nitrogens with zero attached hydrogens (tertiary/aromatic N) is 8. The molecule has 0 aliphatic carbocycles. The number of hydrogen-bond acceptors (Lipinski definition) is 9. The first-order valence-electron chi connectivity index (χ1n) is 11.9. The van der Waals surface area contributed by atoms with Gasteiger partial charge in [-0.2, -0.15) is 10.5 Å². The molecule has 11 heteroatoms. The number of aryl methyl sites for hydroxylation is 1. The number of imidazole rings is 1. The molecule has 0 spiro atoms. The summed E-state index contributed by atoms with van der Waals surface area (Å²) in [6, 6.07) is 13.2. The Morgan fingerprint density at radius 3 is 2.51 bits per heavy atom. The van der Waals surface area contributed by atoms with Gasteiger partial charge in [0.1, 0.15) is 11.4 Å². The van der Waals surface area contributed by atoms with Crippen molar-refractivity contribution in [2.24, 2.45) is 12.0 Å². The minimum Gasteiger partial charge on any atom is -0.465 e. The summed E-state index contributed by atoms with van der Waals surface area (Å²) < 4.78 is 8.46. The molecular formula is C28H23N9O2. The van der Waals surface area contributed by atoms with Gasteiger partial charge in [0.15, 0.2) is 0 Å². The number of nitrogen functional groups attached to an aromatic ring is 1. The van der Waals surface area contributed by atoms with Crippen LogP contribution in [0.2, 0.25) is 0 Å². The molecule has 192 valence electrons. The summed E-state index contributed by atoms with van der Waals surface area (Å²) in [5.41, 5.74) is 10.6. The van der Waals surface area contributed by atoms with E-state index in [0.717, 1.165) is 22.0 Å². The summed E-state index contributed by atoms with van der Waals surface area (Å²) in [5, 5.41) is 19.8. The van der Waals surface area contributed by atoms with E-state index >= 15 is 0 Å². The highest BCUT2D eigenvalue weighted by molar-refractivity contribution is 6.05. The molecule has 0 aliphatic rings. The maximum Gasteiger partial charge on any atom is 0.341 e. The predicted octanol–water partition coefficient (Wildman–Crippen LogP) is 3.53. The molecule has 5 aromatic rings. The summed E-state index contributed by atoms with van der Waals surface area (Å²) in [5.74, 6) is -0.500. The molecule has 0 radical (unpaired) electrons. The number of hydrogen-bond donors (Lipinski definition) is 1. The van der Waals surface area contributed by atoms with Crippen LogP contribution in [0.4, 0.5) is 5.82 Å². The van der Waals surface area contributed by atoms with Crippen LogP contribution < -0.4 is 11.4 Å². The van der Waals surface area contributed by atoms with Gasteiger partial charge in [0, 0.05) is 24.2 Å². The smallest absolute Gasteiger partial charge is 0.341 e. The fraction of sp³-hybridized carbons (Fsp3) is 0.179. The number of benzene rings is 1. The quantitative estimate of drug-likeness (QED) is 0.280. The van der Waals surface area contributed by atoms with Crippen LogP contribution in [0, 0.1) is 22.8 Å². The number of anilines is 1. The van der Waals surface area contributed by atoms with Gasteiger partial charge in [0.25, 0.3) is 0 Å². The molecule has 0 unspecified atom stereocenters. The number of nitrogens with two attached hydrogens (primary N) is 1. The minimum absolute atomic E-state index is 0.0784. The van der Waals surface area contributed by atoms with Gasteiger partial charge in [0.05, 0.1) is 58.9 Å². The zero-order valence-corrected chi connectivity index (χ0v) is 21.7. The van der Waals surface area contributed by atoms with E-state index in [2.05, 4.69) is 26.0 Å². The molecule has 1 aromatic carbocycles. The summed E-state index contributed by atoms with van der Waals surface area (Å²) in [6.45, 7) is 3.60. The van der Waals surface area contributed by atoms with Gasteiger partial charge in [-0.3, -0.25) is 14.5 Å². The van der Waals surface area contributed by atoms with Crippen LogP contribution in [0.15, 0.2) is 60.0 Å². The molecular weight excluding hydrogens is 494 g/mol. The molecule has 4 aromatic heterocycles. The second-order valence-corrected chi connectivity index (χ2v) is 9.42. The number of pyridine rings is 3. The van der Waals surface area contributed by atoms with E-state index in [9.17, 15) is 15.3 Å². The lowest BCUT2D eigenvalue weighted by Crippen LogP contribution is -2.23. The number of esters is 1. The Kier molecular flexibility index (Phi) is 6.05. The third-order valence-corrected chi connectivity index (χ3v) is 6.64. The zero-order chi connectivity index (χ0) is 27.9. The molecule has 0 bridgehead atoms. The topological polar surface area (TPSA) is 161 Å². The van der Waals surface area contributed by atoms with E-state index in [-0.39, 0.29) is 11.4 Å². The highest BCUT2D eigenvalue weighted by atomic mass is 16.5. The maximum atomic E-state index is 12.2. The van der Waals surface area contributed by atoms with Crippen LogP contribution in [0.25, 0.3) is 38.8 Å². The average Bonchev–Trinajstić information content (AvgIpc) is 3.24. The Labute approximate surface area is 223 Å². The van der Waals surface area contributed by atoms with Crippen molar-refractivity contribution in [1.82, 2.24) is 24.1 Å². The second-order valence-electron chi connectivity index (χ2n) is 9.42. The molecule has 11 nitrogen and oxygen atoms in total. The van der Waals surface area contributed by atoms with Crippen LogP contribution in [-0.2, 0) is 17.2 Å². The molecule has 0 amide bonds. The average molecular weight is 518 g/mol. The largest absolute Gasteiger partial charge is 0.465 e. The van der Waals surface area contributed by atoms with Crippen molar-refractivity contribution < 1.29 is 9.53 Å². The first-order chi connectivity index (χ1) is 18.7. The molecule has 0 atom stereocenters.